The first-order valence-corrected chi connectivity index (χ1v) is 11.6. The predicted octanol–water partition coefficient (Wildman–Crippen LogP) is 5.07. The van der Waals surface area contributed by atoms with E-state index in [1.54, 1.807) is 46.9 Å². The van der Waals surface area contributed by atoms with Crippen molar-refractivity contribution >= 4 is 16.8 Å². The van der Waals surface area contributed by atoms with Gasteiger partial charge in [-0.1, -0.05) is 42.0 Å². The van der Waals surface area contributed by atoms with E-state index in [4.69, 9.17) is 9.72 Å². The topological polar surface area (TPSA) is 64.4 Å². The number of rotatable bonds is 8. The summed E-state index contributed by atoms with van der Waals surface area (Å²) >= 11 is 0. The smallest absolute Gasteiger partial charge is 0.266 e. The molecule has 0 bridgehead atoms. The molecule has 0 aliphatic rings. The number of ether oxygens (including phenoxy) is 1. The van der Waals surface area contributed by atoms with Crippen molar-refractivity contribution in [2.75, 3.05) is 20.3 Å². The van der Waals surface area contributed by atoms with Crippen LogP contribution in [0.4, 0.5) is 4.39 Å². The van der Waals surface area contributed by atoms with Crippen LogP contribution in [-0.2, 0) is 4.74 Å². The Hall–Kier alpha value is -3.84. The highest BCUT2D eigenvalue weighted by molar-refractivity contribution is 5.94. The molecule has 7 heteroatoms. The summed E-state index contributed by atoms with van der Waals surface area (Å²) in [6.07, 6.45) is 0.545. The van der Waals surface area contributed by atoms with Crippen molar-refractivity contribution in [1.29, 1.82) is 0 Å². The van der Waals surface area contributed by atoms with Gasteiger partial charge in [-0.15, -0.1) is 0 Å². The molecule has 4 rings (SSSR count). The number of hydrogen-bond acceptors (Lipinski definition) is 4. The number of fused-ring (bicyclic) bond motifs is 1. The maximum absolute atomic E-state index is 14.6. The molecule has 3 aromatic carbocycles. The molecule has 1 aromatic heterocycles. The largest absolute Gasteiger partial charge is 0.385 e. The summed E-state index contributed by atoms with van der Waals surface area (Å²) in [6, 6.07) is 20.0. The third kappa shape index (κ3) is 5.00. The quantitative estimate of drug-likeness (QED) is 0.335. The SMILES string of the molecule is COCCCN(C(=O)c1ccccc1F)C(C)c1nc2ccccc2c(=O)n1-c1ccc(C)cc1. The molecule has 180 valence electrons. The van der Waals surface area contributed by atoms with E-state index in [1.807, 2.05) is 44.2 Å². The average molecular weight is 474 g/mol. The fourth-order valence-electron chi connectivity index (χ4n) is 4.15. The lowest BCUT2D eigenvalue weighted by atomic mass is 10.1. The molecule has 0 N–H and O–H groups in total. The van der Waals surface area contributed by atoms with E-state index < -0.39 is 17.8 Å². The van der Waals surface area contributed by atoms with Crippen LogP contribution in [0.5, 0.6) is 0 Å². The summed E-state index contributed by atoms with van der Waals surface area (Å²) in [6.45, 7) is 4.52. The van der Waals surface area contributed by atoms with E-state index in [9.17, 15) is 14.0 Å². The molecule has 4 aromatic rings. The molecular weight excluding hydrogens is 445 g/mol. The fraction of sp³-hybridized carbons (Fsp3) is 0.250. The molecule has 1 amide bonds. The van der Waals surface area contributed by atoms with Gasteiger partial charge in [0.25, 0.3) is 11.5 Å². The molecule has 0 radical (unpaired) electrons. The van der Waals surface area contributed by atoms with E-state index in [0.717, 1.165) is 5.56 Å². The van der Waals surface area contributed by atoms with Crippen LogP contribution >= 0.6 is 0 Å². The molecule has 0 saturated carbocycles. The van der Waals surface area contributed by atoms with Crippen LogP contribution in [-0.4, -0.2) is 40.6 Å². The van der Waals surface area contributed by atoms with Crippen LogP contribution in [0, 0.1) is 12.7 Å². The second-order valence-corrected chi connectivity index (χ2v) is 8.46. The van der Waals surface area contributed by atoms with Crippen LogP contribution in [0.3, 0.4) is 0 Å². The lowest BCUT2D eigenvalue weighted by molar-refractivity contribution is 0.0653. The van der Waals surface area contributed by atoms with Crippen LogP contribution in [0.25, 0.3) is 16.6 Å². The number of amides is 1. The zero-order valence-electron chi connectivity index (χ0n) is 20.1. The summed E-state index contributed by atoms with van der Waals surface area (Å²) in [5.41, 5.74) is 1.99. The second kappa shape index (κ2) is 10.6. The van der Waals surface area contributed by atoms with Crippen molar-refractivity contribution in [3.8, 4) is 5.69 Å². The lowest BCUT2D eigenvalue weighted by Gasteiger charge is -2.31. The Morgan fingerprint density at radius 1 is 1.06 bits per heavy atom. The van der Waals surface area contributed by atoms with Gasteiger partial charge in [-0.2, -0.15) is 0 Å². The number of carbonyl (C=O) groups excluding carboxylic acids is 1. The van der Waals surface area contributed by atoms with Crippen molar-refractivity contribution in [2.24, 2.45) is 0 Å². The van der Waals surface area contributed by atoms with E-state index >= 15 is 0 Å². The van der Waals surface area contributed by atoms with Crippen molar-refractivity contribution in [3.05, 3.63) is 106 Å². The number of hydrogen-bond donors (Lipinski definition) is 0. The minimum absolute atomic E-state index is 0.0261. The van der Waals surface area contributed by atoms with E-state index in [0.29, 0.717) is 42.0 Å². The molecule has 0 aliphatic heterocycles. The zero-order chi connectivity index (χ0) is 24.9. The summed E-state index contributed by atoms with van der Waals surface area (Å²) < 4.78 is 21.3. The van der Waals surface area contributed by atoms with Gasteiger partial charge in [-0.05, 0) is 56.7 Å². The van der Waals surface area contributed by atoms with Gasteiger partial charge >= 0.3 is 0 Å². The zero-order valence-corrected chi connectivity index (χ0v) is 20.1. The first-order chi connectivity index (χ1) is 16.9. The van der Waals surface area contributed by atoms with Gasteiger partial charge in [0.05, 0.1) is 28.2 Å². The molecule has 35 heavy (non-hydrogen) atoms. The summed E-state index contributed by atoms with van der Waals surface area (Å²) in [4.78, 5) is 33.6. The van der Waals surface area contributed by atoms with Gasteiger partial charge < -0.3 is 9.64 Å². The molecule has 6 nitrogen and oxygen atoms in total. The first kappa shape index (κ1) is 24.3. The highest BCUT2D eigenvalue weighted by Gasteiger charge is 2.28. The third-order valence-corrected chi connectivity index (χ3v) is 6.05. The first-order valence-electron chi connectivity index (χ1n) is 11.6. The molecule has 0 saturated heterocycles. The minimum Gasteiger partial charge on any atom is -0.385 e. The Labute approximate surface area is 203 Å². The predicted molar refractivity (Wildman–Crippen MR) is 134 cm³/mol. The molecule has 1 atom stereocenters. The Kier molecular flexibility index (Phi) is 7.36. The number of benzene rings is 3. The monoisotopic (exact) mass is 473 g/mol. The molecule has 1 heterocycles. The summed E-state index contributed by atoms with van der Waals surface area (Å²) in [5, 5.41) is 0.482. The van der Waals surface area contributed by atoms with Gasteiger partial charge in [0, 0.05) is 20.3 Å². The van der Waals surface area contributed by atoms with Crippen LogP contribution in [0.15, 0.2) is 77.6 Å². The normalized spacial score (nSPS) is 12.0. The number of aromatic nitrogens is 2. The number of nitrogens with zero attached hydrogens (tertiary/aromatic N) is 3. The van der Waals surface area contributed by atoms with Crippen molar-refractivity contribution in [2.45, 2.75) is 26.3 Å². The Bertz CT molecular complexity index is 1400. The Balaban J connectivity index is 1.89. The maximum Gasteiger partial charge on any atom is 0.266 e. The number of aryl methyl sites for hydroxylation is 1. The van der Waals surface area contributed by atoms with Crippen molar-refractivity contribution in [1.82, 2.24) is 14.5 Å². The van der Waals surface area contributed by atoms with Gasteiger partial charge in [0.15, 0.2) is 0 Å². The van der Waals surface area contributed by atoms with Gasteiger partial charge in [-0.3, -0.25) is 14.2 Å². The maximum atomic E-state index is 14.6. The molecule has 0 aliphatic carbocycles. The second-order valence-electron chi connectivity index (χ2n) is 8.46. The van der Waals surface area contributed by atoms with E-state index in [2.05, 4.69) is 0 Å². The van der Waals surface area contributed by atoms with E-state index in [1.165, 1.54) is 12.1 Å². The molecule has 0 spiro atoms. The van der Waals surface area contributed by atoms with Crippen LogP contribution < -0.4 is 5.56 Å². The Morgan fingerprint density at radius 3 is 2.46 bits per heavy atom. The number of carbonyl (C=O) groups is 1. The fourth-order valence-corrected chi connectivity index (χ4v) is 4.15. The average Bonchev–Trinajstić information content (AvgIpc) is 2.87. The highest BCUT2D eigenvalue weighted by Crippen LogP contribution is 2.25. The standard InChI is InChI=1S/C28H28FN3O3/c1-19-13-15-21(16-14-19)32-26(30-25-12-7-5-10-23(25)28(32)34)20(2)31(17-8-18-35-3)27(33)22-9-4-6-11-24(22)29/h4-7,9-16,20H,8,17-18H2,1-3H3. The van der Waals surface area contributed by atoms with Crippen LogP contribution in [0.2, 0.25) is 0 Å². The molecule has 0 fully saturated rings. The summed E-state index contributed by atoms with van der Waals surface area (Å²) in [7, 11) is 1.59. The van der Waals surface area contributed by atoms with Crippen molar-refractivity contribution in [3.63, 3.8) is 0 Å². The number of para-hydroxylation sites is 1. The highest BCUT2D eigenvalue weighted by atomic mass is 19.1. The Morgan fingerprint density at radius 2 is 1.74 bits per heavy atom. The van der Waals surface area contributed by atoms with Gasteiger partial charge in [0.2, 0.25) is 0 Å². The van der Waals surface area contributed by atoms with Gasteiger partial charge in [0.1, 0.15) is 11.6 Å². The number of halogens is 1. The minimum atomic E-state index is -0.627. The molecule has 1 unspecified atom stereocenters. The van der Waals surface area contributed by atoms with E-state index in [-0.39, 0.29) is 11.1 Å². The van der Waals surface area contributed by atoms with Crippen LogP contribution in [0.1, 0.15) is 41.1 Å². The summed E-state index contributed by atoms with van der Waals surface area (Å²) in [5.74, 6) is -0.659. The molecular formula is C28H28FN3O3. The lowest BCUT2D eigenvalue weighted by Crippen LogP contribution is -2.38. The van der Waals surface area contributed by atoms with Crippen molar-refractivity contribution < 1.29 is 13.9 Å². The number of methoxy groups -OCH3 is 1. The third-order valence-electron chi connectivity index (χ3n) is 6.05. The van der Waals surface area contributed by atoms with Gasteiger partial charge in [-0.25, -0.2) is 9.37 Å².